The van der Waals surface area contributed by atoms with Crippen molar-refractivity contribution in [2.24, 2.45) is 5.92 Å². The number of rotatable bonds is 5. The van der Waals surface area contributed by atoms with E-state index in [0.717, 1.165) is 17.3 Å². The van der Waals surface area contributed by atoms with Gasteiger partial charge in [0.1, 0.15) is 0 Å². The number of nitrogens with one attached hydrogen (secondary N) is 2. The van der Waals surface area contributed by atoms with Crippen LogP contribution in [0.2, 0.25) is 0 Å². The fraction of sp³-hybridized carbons (Fsp3) is 0.385. The molecular formula is C13H17BrClN3O2. The summed E-state index contributed by atoms with van der Waals surface area (Å²) < 4.78 is 0.832. The predicted molar refractivity (Wildman–Crippen MR) is 83.9 cm³/mol. The summed E-state index contributed by atoms with van der Waals surface area (Å²) in [6, 6.07) is 5.11. The first kappa shape index (κ1) is 16.8. The molecular weight excluding hydrogens is 346 g/mol. The summed E-state index contributed by atoms with van der Waals surface area (Å²) in [6.45, 7) is 0.838. The Labute approximate surface area is 132 Å². The smallest absolute Gasteiger partial charge is 0.253 e. The maximum Gasteiger partial charge on any atom is 0.253 e. The largest absolute Gasteiger partial charge is 0.398 e. The highest BCUT2D eigenvalue weighted by Gasteiger charge is 2.28. The van der Waals surface area contributed by atoms with E-state index >= 15 is 0 Å². The summed E-state index contributed by atoms with van der Waals surface area (Å²) in [6.07, 6.45) is 1.96. The zero-order valence-corrected chi connectivity index (χ0v) is 13.2. The van der Waals surface area contributed by atoms with Crippen molar-refractivity contribution in [3.05, 3.63) is 28.2 Å². The molecule has 2 rings (SSSR count). The van der Waals surface area contributed by atoms with Crippen molar-refractivity contribution in [3.63, 3.8) is 0 Å². The van der Waals surface area contributed by atoms with Crippen molar-refractivity contribution in [2.45, 2.75) is 12.8 Å². The molecule has 0 heterocycles. The fourth-order valence-electron chi connectivity index (χ4n) is 1.69. The molecule has 0 atom stereocenters. The lowest BCUT2D eigenvalue weighted by Crippen LogP contribution is -2.35. The lowest BCUT2D eigenvalue weighted by Gasteiger charge is -2.08. The quantitative estimate of drug-likeness (QED) is 0.551. The first-order chi connectivity index (χ1) is 9.08. The third kappa shape index (κ3) is 4.68. The lowest BCUT2D eigenvalue weighted by atomic mass is 10.1. The number of halogens is 2. The number of hydrogen-bond acceptors (Lipinski definition) is 3. The fourth-order valence-corrected chi connectivity index (χ4v) is 2.07. The Morgan fingerprint density at radius 1 is 1.25 bits per heavy atom. The van der Waals surface area contributed by atoms with E-state index in [0.29, 0.717) is 24.3 Å². The summed E-state index contributed by atoms with van der Waals surface area (Å²) >= 11 is 3.29. The molecule has 2 amide bonds. The highest BCUT2D eigenvalue weighted by Crippen LogP contribution is 2.28. The van der Waals surface area contributed by atoms with Crippen LogP contribution in [0, 0.1) is 5.92 Å². The van der Waals surface area contributed by atoms with Gasteiger partial charge in [-0.2, -0.15) is 0 Å². The maximum atomic E-state index is 11.8. The Bertz CT molecular complexity index is 506. The third-order valence-corrected chi connectivity index (χ3v) is 3.41. The zero-order chi connectivity index (χ0) is 13.8. The van der Waals surface area contributed by atoms with Crippen molar-refractivity contribution in [1.29, 1.82) is 0 Å². The number of hydrogen-bond donors (Lipinski definition) is 3. The molecule has 0 saturated heterocycles. The maximum absolute atomic E-state index is 11.8. The van der Waals surface area contributed by atoms with E-state index in [1.807, 2.05) is 0 Å². The van der Waals surface area contributed by atoms with Crippen LogP contribution in [0.4, 0.5) is 5.69 Å². The molecule has 1 aliphatic carbocycles. The van der Waals surface area contributed by atoms with Crippen LogP contribution in [-0.2, 0) is 4.79 Å². The zero-order valence-electron chi connectivity index (χ0n) is 10.8. The van der Waals surface area contributed by atoms with Gasteiger partial charge in [-0.3, -0.25) is 9.59 Å². The Kier molecular flexibility index (Phi) is 6.29. The molecule has 5 nitrogen and oxygen atoms in total. The van der Waals surface area contributed by atoms with Gasteiger partial charge in [-0.05, 0) is 31.0 Å². The normalized spacial score (nSPS) is 13.2. The van der Waals surface area contributed by atoms with Gasteiger partial charge in [-0.1, -0.05) is 15.9 Å². The van der Waals surface area contributed by atoms with E-state index in [4.69, 9.17) is 5.73 Å². The monoisotopic (exact) mass is 361 g/mol. The molecule has 0 spiro atoms. The second-order valence-corrected chi connectivity index (χ2v) is 5.47. The second kappa shape index (κ2) is 7.50. The number of anilines is 1. The van der Waals surface area contributed by atoms with Gasteiger partial charge in [0, 0.05) is 29.2 Å². The van der Waals surface area contributed by atoms with Crippen LogP contribution in [0.1, 0.15) is 23.2 Å². The molecule has 1 aromatic carbocycles. The third-order valence-electron chi connectivity index (χ3n) is 2.92. The summed E-state index contributed by atoms with van der Waals surface area (Å²) in [7, 11) is 0. The minimum Gasteiger partial charge on any atom is -0.398 e. The van der Waals surface area contributed by atoms with Crippen LogP contribution >= 0.6 is 28.3 Å². The lowest BCUT2D eigenvalue weighted by molar-refractivity contribution is -0.122. The molecule has 0 aliphatic heterocycles. The second-order valence-electron chi connectivity index (χ2n) is 4.55. The predicted octanol–water partition coefficient (Wildman–Crippen LogP) is 1.71. The standard InChI is InChI=1S/C13H16BrN3O2.ClH/c14-9-3-4-10(11(15)7-9)13(19)17-6-5-16-12(18)8-1-2-8;/h3-4,7-8H,1-2,5-6,15H2,(H,16,18)(H,17,19);1H. The van der Waals surface area contributed by atoms with Gasteiger partial charge in [0.2, 0.25) is 5.91 Å². The number of carbonyl (C=O) groups is 2. The van der Waals surface area contributed by atoms with E-state index in [1.54, 1.807) is 18.2 Å². The average molecular weight is 363 g/mol. The first-order valence-corrected chi connectivity index (χ1v) is 6.98. The van der Waals surface area contributed by atoms with E-state index < -0.39 is 0 Å². The minimum absolute atomic E-state index is 0. The van der Waals surface area contributed by atoms with Gasteiger partial charge < -0.3 is 16.4 Å². The van der Waals surface area contributed by atoms with Gasteiger partial charge in [0.15, 0.2) is 0 Å². The SMILES string of the molecule is Cl.Nc1cc(Br)ccc1C(=O)NCCNC(=O)C1CC1. The number of amides is 2. The summed E-state index contributed by atoms with van der Waals surface area (Å²) in [5.74, 6) is 0.0425. The molecule has 0 unspecified atom stereocenters. The van der Waals surface area contributed by atoms with Crippen LogP contribution in [0.5, 0.6) is 0 Å². The van der Waals surface area contributed by atoms with Gasteiger partial charge in [-0.25, -0.2) is 0 Å². The van der Waals surface area contributed by atoms with Crippen molar-refractivity contribution < 1.29 is 9.59 Å². The van der Waals surface area contributed by atoms with E-state index in [2.05, 4.69) is 26.6 Å². The van der Waals surface area contributed by atoms with Crippen molar-refractivity contribution in [1.82, 2.24) is 10.6 Å². The molecule has 20 heavy (non-hydrogen) atoms. The molecule has 0 bridgehead atoms. The molecule has 1 saturated carbocycles. The van der Waals surface area contributed by atoms with Crippen LogP contribution in [0.3, 0.4) is 0 Å². The average Bonchev–Trinajstić information content (AvgIpc) is 3.18. The Morgan fingerprint density at radius 2 is 1.90 bits per heavy atom. The first-order valence-electron chi connectivity index (χ1n) is 6.19. The van der Waals surface area contributed by atoms with Crippen molar-refractivity contribution >= 4 is 45.8 Å². The number of carbonyl (C=O) groups excluding carboxylic acids is 2. The topological polar surface area (TPSA) is 84.2 Å². The number of nitrogen functional groups attached to an aromatic ring is 1. The van der Waals surface area contributed by atoms with Gasteiger partial charge in [0.25, 0.3) is 5.91 Å². The summed E-state index contributed by atoms with van der Waals surface area (Å²) in [5, 5.41) is 5.51. The van der Waals surface area contributed by atoms with Crippen LogP contribution in [-0.4, -0.2) is 24.9 Å². The molecule has 4 N–H and O–H groups in total. The molecule has 0 aromatic heterocycles. The van der Waals surface area contributed by atoms with Gasteiger partial charge in [-0.15, -0.1) is 12.4 Å². The molecule has 0 radical (unpaired) electrons. The van der Waals surface area contributed by atoms with E-state index in [9.17, 15) is 9.59 Å². The molecule has 1 aromatic rings. The minimum atomic E-state index is -0.231. The van der Waals surface area contributed by atoms with Crippen LogP contribution in [0.15, 0.2) is 22.7 Å². The van der Waals surface area contributed by atoms with Gasteiger partial charge >= 0.3 is 0 Å². The molecule has 110 valence electrons. The van der Waals surface area contributed by atoms with Crippen LogP contribution < -0.4 is 16.4 Å². The van der Waals surface area contributed by atoms with Crippen molar-refractivity contribution in [3.8, 4) is 0 Å². The molecule has 1 aliphatic rings. The highest BCUT2D eigenvalue weighted by atomic mass is 79.9. The summed E-state index contributed by atoms with van der Waals surface area (Å²) in [4.78, 5) is 23.2. The summed E-state index contributed by atoms with van der Waals surface area (Å²) in [5.41, 5.74) is 6.63. The number of nitrogens with two attached hydrogens (primary N) is 1. The Morgan fingerprint density at radius 3 is 2.50 bits per heavy atom. The number of benzene rings is 1. The van der Waals surface area contributed by atoms with Gasteiger partial charge in [0.05, 0.1) is 5.56 Å². The van der Waals surface area contributed by atoms with E-state index in [-0.39, 0.29) is 30.1 Å². The van der Waals surface area contributed by atoms with E-state index in [1.165, 1.54) is 0 Å². The Hall–Kier alpha value is -1.27. The molecule has 7 heteroatoms. The molecule has 1 fully saturated rings. The van der Waals surface area contributed by atoms with Crippen LogP contribution in [0.25, 0.3) is 0 Å². The van der Waals surface area contributed by atoms with Crippen molar-refractivity contribution in [2.75, 3.05) is 18.8 Å². The highest BCUT2D eigenvalue weighted by molar-refractivity contribution is 9.10. The Balaban J connectivity index is 0.00000200.